The summed E-state index contributed by atoms with van der Waals surface area (Å²) in [6.45, 7) is 7.20. The maximum absolute atomic E-state index is 13.2. The van der Waals surface area contributed by atoms with E-state index in [2.05, 4.69) is 19.8 Å². The van der Waals surface area contributed by atoms with Crippen molar-refractivity contribution in [2.75, 3.05) is 0 Å². The Labute approximate surface area is 152 Å². The van der Waals surface area contributed by atoms with E-state index in [0.717, 1.165) is 6.42 Å². The molecule has 0 aliphatic rings. The van der Waals surface area contributed by atoms with E-state index in [9.17, 15) is 8.42 Å². The average molecular weight is 374 g/mol. The van der Waals surface area contributed by atoms with E-state index in [1.165, 1.54) is 0 Å². The van der Waals surface area contributed by atoms with Crippen LogP contribution in [0.5, 0.6) is 0 Å². The average Bonchev–Trinajstić information content (AvgIpc) is 3.03. The van der Waals surface area contributed by atoms with Crippen LogP contribution in [-0.4, -0.2) is 23.5 Å². The van der Waals surface area contributed by atoms with Gasteiger partial charge in [0.1, 0.15) is 0 Å². The molecule has 3 rings (SSSR count). The van der Waals surface area contributed by atoms with Crippen molar-refractivity contribution in [2.24, 2.45) is 0 Å². The van der Waals surface area contributed by atoms with Crippen LogP contribution in [0, 0.1) is 6.92 Å². The van der Waals surface area contributed by atoms with Gasteiger partial charge in [-0.15, -0.1) is 0 Å². The van der Waals surface area contributed by atoms with Crippen molar-refractivity contribution >= 4 is 20.9 Å². The standard InChI is InChI=1S/C18H22N4O3S/c1-5-7-15-20-17(21-25-15)18(3,4)22-26(23,24)16-12(2)9-10-14-13(16)8-6-11-19-14/h6,8-11,22H,5,7H2,1-4H3. The third kappa shape index (κ3) is 3.47. The van der Waals surface area contributed by atoms with Crippen molar-refractivity contribution in [3.8, 4) is 0 Å². The third-order valence-electron chi connectivity index (χ3n) is 4.08. The van der Waals surface area contributed by atoms with Crippen LogP contribution in [-0.2, 0) is 22.0 Å². The van der Waals surface area contributed by atoms with Gasteiger partial charge in [-0.3, -0.25) is 4.98 Å². The van der Waals surface area contributed by atoms with Gasteiger partial charge in [0.2, 0.25) is 15.9 Å². The molecular formula is C18H22N4O3S. The number of nitrogens with zero attached hydrogens (tertiary/aromatic N) is 3. The monoisotopic (exact) mass is 374 g/mol. The van der Waals surface area contributed by atoms with Crippen molar-refractivity contribution < 1.29 is 12.9 Å². The summed E-state index contributed by atoms with van der Waals surface area (Å²) in [5, 5.41) is 4.52. The number of fused-ring (bicyclic) bond motifs is 1. The molecule has 1 N–H and O–H groups in total. The minimum absolute atomic E-state index is 0.216. The van der Waals surface area contributed by atoms with E-state index < -0.39 is 15.6 Å². The fourth-order valence-corrected chi connectivity index (χ4v) is 4.67. The van der Waals surface area contributed by atoms with Crippen LogP contribution >= 0.6 is 0 Å². The number of pyridine rings is 1. The van der Waals surface area contributed by atoms with E-state index in [1.54, 1.807) is 45.2 Å². The summed E-state index contributed by atoms with van der Waals surface area (Å²) in [6, 6.07) is 7.04. The Morgan fingerprint density at radius 2 is 2.00 bits per heavy atom. The number of aromatic nitrogens is 3. The Hall–Kier alpha value is -2.32. The highest BCUT2D eigenvalue weighted by atomic mass is 32.2. The summed E-state index contributed by atoms with van der Waals surface area (Å²) in [4.78, 5) is 8.78. The molecule has 0 bridgehead atoms. The number of benzene rings is 1. The Bertz CT molecular complexity index is 1040. The van der Waals surface area contributed by atoms with E-state index >= 15 is 0 Å². The zero-order chi connectivity index (χ0) is 18.9. The lowest BCUT2D eigenvalue weighted by Crippen LogP contribution is -2.42. The Morgan fingerprint density at radius 3 is 2.73 bits per heavy atom. The first-order valence-corrected chi connectivity index (χ1v) is 9.94. The Kier molecular flexibility index (Phi) is 4.81. The first-order valence-electron chi connectivity index (χ1n) is 8.46. The van der Waals surface area contributed by atoms with Gasteiger partial charge < -0.3 is 4.52 Å². The smallest absolute Gasteiger partial charge is 0.242 e. The summed E-state index contributed by atoms with van der Waals surface area (Å²) in [5.74, 6) is 0.806. The van der Waals surface area contributed by atoms with Crippen molar-refractivity contribution in [3.05, 3.63) is 47.7 Å². The van der Waals surface area contributed by atoms with Gasteiger partial charge in [-0.05, 0) is 51.0 Å². The zero-order valence-electron chi connectivity index (χ0n) is 15.3. The summed E-state index contributed by atoms with van der Waals surface area (Å²) in [5.41, 5.74) is 0.250. The van der Waals surface area contributed by atoms with E-state index in [0.29, 0.717) is 34.6 Å². The number of aryl methyl sites for hydroxylation is 2. The molecule has 0 saturated heterocycles. The quantitative estimate of drug-likeness (QED) is 0.712. The highest BCUT2D eigenvalue weighted by molar-refractivity contribution is 7.89. The number of sulfonamides is 1. The SMILES string of the molecule is CCCc1nc(C(C)(C)NS(=O)(=O)c2c(C)ccc3ncccc23)no1. The normalized spacial score (nSPS) is 12.6. The minimum Gasteiger partial charge on any atom is -0.339 e. The molecule has 0 saturated carbocycles. The fraction of sp³-hybridized carbons (Fsp3) is 0.389. The van der Waals surface area contributed by atoms with Gasteiger partial charge in [-0.25, -0.2) is 8.42 Å². The molecule has 0 radical (unpaired) electrons. The molecule has 8 heteroatoms. The predicted molar refractivity (Wildman–Crippen MR) is 98.1 cm³/mol. The van der Waals surface area contributed by atoms with Crippen LogP contribution in [0.1, 0.15) is 44.5 Å². The van der Waals surface area contributed by atoms with Gasteiger partial charge in [0.15, 0.2) is 5.82 Å². The molecule has 138 valence electrons. The van der Waals surface area contributed by atoms with E-state index in [4.69, 9.17) is 4.52 Å². The first kappa shape index (κ1) is 18.5. The van der Waals surface area contributed by atoms with Crippen LogP contribution < -0.4 is 4.72 Å². The van der Waals surface area contributed by atoms with Gasteiger partial charge in [0.05, 0.1) is 16.0 Å². The molecule has 3 aromatic rings. The molecule has 2 heterocycles. The summed E-state index contributed by atoms with van der Waals surface area (Å²) in [7, 11) is -3.84. The number of rotatable bonds is 6. The molecule has 0 unspecified atom stereocenters. The summed E-state index contributed by atoms with van der Waals surface area (Å²) < 4.78 is 34.2. The van der Waals surface area contributed by atoms with Crippen LogP contribution in [0.2, 0.25) is 0 Å². The first-order chi connectivity index (χ1) is 12.2. The van der Waals surface area contributed by atoms with Gasteiger partial charge in [0.25, 0.3) is 0 Å². The van der Waals surface area contributed by atoms with Crippen LogP contribution in [0.25, 0.3) is 10.9 Å². The molecular weight excluding hydrogens is 352 g/mol. The number of hydrogen-bond donors (Lipinski definition) is 1. The van der Waals surface area contributed by atoms with Crippen LogP contribution in [0.3, 0.4) is 0 Å². The highest BCUT2D eigenvalue weighted by Gasteiger charge is 2.34. The lowest BCUT2D eigenvalue weighted by Gasteiger charge is -2.23. The minimum atomic E-state index is -3.84. The lowest BCUT2D eigenvalue weighted by atomic mass is 10.1. The second-order valence-corrected chi connectivity index (χ2v) is 8.39. The number of nitrogens with one attached hydrogen (secondary N) is 1. The van der Waals surface area contributed by atoms with Gasteiger partial charge >= 0.3 is 0 Å². The van der Waals surface area contributed by atoms with Crippen molar-refractivity contribution in [1.29, 1.82) is 0 Å². The Balaban J connectivity index is 2.02. The maximum Gasteiger partial charge on any atom is 0.242 e. The molecule has 0 amide bonds. The van der Waals surface area contributed by atoms with Crippen molar-refractivity contribution in [3.63, 3.8) is 0 Å². The zero-order valence-corrected chi connectivity index (χ0v) is 16.1. The van der Waals surface area contributed by atoms with Crippen LogP contribution in [0.4, 0.5) is 0 Å². The fourth-order valence-electron chi connectivity index (χ4n) is 2.85. The van der Waals surface area contributed by atoms with E-state index in [-0.39, 0.29) is 4.90 Å². The molecule has 1 aromatic carbocycles. The van der Waals surface area contributed by atoms with Crippen molar-refractivity contribution in [1.82, 2.24) is 19.8 Å². The Morgan fingerprint density at radius 1 is 1.23 bits per heavy atom. The van der Waals surface area contributed by atoms with Crippen molar-refractivity contribution in [2.45, 2.75) is 51.0 Å². The molecule has 0 atom stereocenters. The molecule has 0 fully saturated rings. The number of hydrogen-bond acceptors (Lipinski definition) is 6. The van der Waals surface area contributed by atoms with Gasteiger partial charge in [-0.2, -0.15) is 9.71 Å². The molecule has 0 spiro atoms. The molecule has 0 aliphatic heterocycles. The summed E-state index contributed by atoms with van der Waals surface area (Å²) in [6.07, 6.45) is 3.17. The molecule has 26 heavy (non-hydrogen) atoms. The maximum atomic E-state index is 13.2. The van der Waals surface area contributed by atoms with Gasteiger partial charge in [0, 0.05) is 18.0 Å². The second-order valence-electron chi connectivity index (χ2n) is 6.77. The van der Waals surface area contributed by atoms with Gasteiger partial charge in [-0.1, -0.05) is 18.1 Å². The highest BCUT2D eigenvalue weighted by Crippen LogP contribution is 2.28. The molecule has 0 aliphatic carbocycles. The topological polar surface area (TPSA) is 98.0 Å². The lowest BCUT2D eigenvalue weighted by molar-refractivity contribution is 0.353. The largest absolute Gasteiger partial charge is 0.339 e. The summed E-state index contributed by atoms with van der Waals surface area (Å²) >= 11 is 0. The molecule has 2 aromatic heterocycles. The third-order valence-corrected chi connectivity index (χ3v) is 5.94. The van der Waals surface area contributed by atoms with Crippen LogP contribution in [0.15, 0.2) is 39.9 Å². The molecule has 7 nitrogen and oxygen atoms in total. The predicted octanol–water partition coefficient (Wildman–Crippen LogP) is 3.09. The van der Waals surface area contributed by atoms with E-state index in [1.807, 2.05) is 13.0 Å². The second kappa shape index (κ2) is 6.77.